The Morgan fingerprint density at radius 1 is 1.33 bits per heavy atom. The highest BCUT2D eigenvalue weighted by atomic mass is 19.4. The molecule has 6 heteroatoms. The maximum atomic E-state index is 12.9. The van der Waals surface area contributed by atoms with Crippen LogP contribution in [0.5, 0.6) is 0 Å². The highest BCUT2D eigenvalue weighted by Gasteiger charge is 2.36. The summed E-state index contributed by atoms with van der Waals surface area (Å²) in [5.41, 5.74) is 2.35. The minimum absolute atomic E-state index is 0.391. The van der Waals surface area contributed by atoms with Crippen LogP contribution in [0.3, 0.4) is 0 Å². The summed E-state index contributed by atoms with van der Waals surface area (Å²) in [5, 5.41) is 0. The molecule has 0 bridgehead atoms. The average Bonchev–Trinajstić information content (AvgIpc) is 2.06. The lowest BCUT2D eigenvalue weighted by molar-refractivity contribution is -0.138. The van der Waals surface area contributed by atoms with Crippen molar-refractivity contribution in [2.24, 2.45) is 5.73 Å². The van der Waals surface area contributed by atoms with Crippen LogP contribution in [0.25, 0.3) is 0 Å². The summed E-state index contributed by atoms with van der Waals surface area (Å²) in [6, 6.07) is 1.16. The average molecular weight is 221 g/mol. The van der Waals surface area contributed by atoms with Crippen molar-refractivity contribution in [1.29, 1.82) is 0 Å². The van der Waals surface area contributed by atoms with Crippen molar-refractivity contribution < 1.29 is 22.4 Å². The second-order valence-electron chi connectivity index (χ2n) is 2.96. The molecule has 0 aliphatic carbocycles. The Labute approximate surface area is 82.7 Å². The van der Waals surface area contributed by atoms with Crippen LogP contribution in [0.2, 0.25) is 0 Å². The first-order valence-electron chi connectivity index (χ1n) is 3.91. The fourth-order valence-electron chi connectivity index (χ4n) is 1.24. The largest absolute Gasteiger partial charge is 0.417 e. The molecule has 0 unspecified atom stereocenters. The first-order chi connectivity index (χ1) is 6.75. The standard InChI is InChI=1S/C9H7F4NO/c1-4-6(10)3-2-5(9(11,12)13)7(4)8(14)15/h2-3H,1H3,(H2,14,15). The molecule has 15 heavy (non-hydrogen) atoms. The van der Waals surface area contributed by atoms with E-state index in [2.05, 4.69) is 0 Å². The van der Waals surface area contributed by atoms with E-state index in [1.54, 1.807) is 0 Å². The Bertz CT molecular complexity index is 411. The number of halogens is 4. The van der Waals surface area contributed by atoms with Gasteiger partial charge < -0.3 is 5.73 Å². The monoisotopic (exact) mass is 221 g/mol. The summed E-state index contributed by atoms with van der Waals surface area (Å²) in [5.74, 6) is -2.18. The molecule has 0 heterocycles. The maximum Gasteiger partial charge on any atom is 0.417 e. The Balaban J connectivity index is 3.55. The van der Waals surface area contributed by atoms with Crippen LogP contribution in [-0.4, -0.2) is 5.91 Å². The number of carbonyl (C=O) groups is 1. The molecule has 82 valence electrons. The summed E-state index contributed by atoms with van der Waals surface area (Å²) in [6.45, 7) is 1.07. The van der Waals surface area contributed by atoms with Gasteiger partial charge in [0.1, 0.15) is 5.82 Å². The van der Waals surface area contributed by atoms with Gasteiger partial charge in [0.2, 0.25) is 5.91 Å². The lowest BCUT2D eigenvalue weighted by atomic mass is 10.0. The Morgan fingerprint density at radius 2 is 1.87 bits per heavy atom. The van der Waals surface area contributed by atoms with Gasteiger partial charge in [0.05, 0.1) is 11.1 Å². The summed E-state index contributed by atoms with van der Waals surface area (Å²) >= 11 is 0. The molecule has 0 saturated heterocycles. The van der Waals surface area contributed by atoms with Crippen LogP contribution < -0.4 is 5.73 Å². The van der Waals surface area contributed by atoms with Crippen LogP contribution in [0.4, 0.5) is 17.6 Å². The normalized spacial score (nSPS) is 11.5. The Kier molecular flexibility index (Phi) is 2.70. The van der Waals surface area contributed by atoms with Crippen molar-refractivity contribution in [3.63, 3.8) is 0 Å². The number of rotatable bonds is 1. The van der Waals surface area contributed by atoms with E-state index in [9.17, 15) is 22.4 Å². The van der Waals surface area contributed by atoms with Crippen molar-refractivity contribution in [1.82, 2.24) is 0 Å². The molecule has 0 spiro atoms. The Morgan fingerprint density at radius 3 is 2.27 bits per heavy atom. The zero-order chi connectivity index (χ0) is 11.8. The molecule has 0 radical (unpaired) electrons. The van der Waals surface area contributed by atoms with Gasteiger partial charge in [-0.05, 0) is 24.6 Å². The van der Waals surface area contributed by atoms with Crippen molar-refractivity contribution in [2.75, 3.05) is 0 Å². The van der Waals surface area contributed by atoms with Crippen LogP contribution in [0.15, 0.2) is 12.1 Å². The highest BCUT2D eigenvalue weighted by Crippen LogP contribution is 2.33. The first kappa shape index (κ1) is 11.5. The Hall–Kier alpha value is -1.59. The first-order valence-corrected chi connectivity index (χ1v) is 3.91. The van der Waals surface area contributed by atoms with Gasteiger partial charge in [0.15, 0.2) is 0 Å². The predicted octanol–water partition coefficient (Wildman–Crippen LogP) is 2.25. The van der Waals surface area contributed by atoms with Crippen LogP contribution in [-0.2, 0) is 6.18 Å². The maximum absolute atomic E-state index is 12.9. The van der Waals surface area contributed by atoms with Gasteiger partial charge in [-0.1, -0.05) is 0 Å². The molecule has 0 aliphatic heterocycles. The molecule has 0 atom stereocenters. The van der Waals surface area contributed by atoms with Gasteiger partial charge in [-0.2, -0.15) is 13.2 Å². The predicted molar refractivity (Wildman–Crippen MR) is 44.7 cm³/mol. The summed E-state index contributed by atoms with van der Waals surface area (Å²) in [4.78, 5) is 10.8. The smallest absolute Gasteiger partial charge is 0.366 e. The van der Waals surface area contributed by atoms with E-state index in [1.807, 2.05) is 0 Å². The third kappa shape index (κ3) is 2.08. The van der Waals surface area contributed by atoms with Crippen LogP contribution in [0.1, 0.15) is 21.5 Å². The summed E-state index contributed by atoms with van der Waals surface area (Å²) < 4.78 is 50.1. The van der Waals surface area contributed by atoms with E-state index < -0.39 is 34.6 Å². The number of nitrogens with two attached hydrogens (primary N) is 1. The number of benzene rings is 1. The molecular weight excluding hydrogens is 214 g/mol. The quantitative estimate of drug-likeness (QED) is 0.726. The fourth-order valence-corrected chi connectivity index (χ4v) is 1.24. The van der Waals surface area contributed by atoms with Crippen LogP contribution in [0, 0.1) is 12.7 Å². The lowest BCUT2D eigenvalue weighted by Gasteiger charge is -2.13. The SMILES string of the molecule is Cc1c(F)ccc(C(F)(F)F)c1C(N)=O. The summed E-state index contributed by atoms with van der Waals surface area (Å²) in [7, 11) is 0. The van der Waals surface area contributed by atoms with E-state index in [0.717, 1.165) is 6.92 Å². The van der Waals surface area contributed by atoms with Gasteiger partial charge in [-0.25, -0.2) is 4.39 Å². The molecule has 1 aromatic carbocycles. The zero-order valence-electron chi connectivity index (χ0n) is 7.65. The molecule has 0 fully saturated rings. The van der Waals surface area contributed by atoms with Gasteiger partial charge in [-0.15, -0.1) is 0 Å². The van der Waals surface area contributed by atoms with E-state index in [4.69, 9.17) is 5.73 Å². The van der Waals surface area contributed by atoms with E-state index >= 15 is 0 Å². The molecule has 0 aliphatic rings. The number of primary amides is 1. The van der Waals surface area contributed by atoms with Crippen molar-refractivity contribution in [3.05, 3.63) is 34.6 Å². The van der Waals surface area contributed by atoms with E-state index in [1.165, 1.54) is 0 Å². The van der Waals surface area contributed by atoms with Crippen LogP contribution >= 0.6 is 0 Å². The molecular formula is C9H7F4NO. The third-order valence-corrected chi connectivity index (χ3v) is 1.95. The minimum atomic E-state index is -4.72. The number of hydrogen-bond donors (Lipinski definition) is 1. The number of carbonyl (C=O) groups excluding carboxylic acids is 1. The van der Waals surface area contributed by atoms with Gasteiger partial charge in [0, 0.05) is 0 Å². The van der Waals surface area contributed by atoms with Gasteiger partial charge >= 0.3 is 6.18 Å². The zero-order valence-corrected chi connectivity index (χ0v) is 7.65. The molecule has 1 rings (SSSR count). The molecule has 1 amide bonds. The number of amides is 1. The fraction of sp³-hybridized carbons (Fsp3) is 0.222. The number of alkyl halides is 3. The molecule has 1 aromatic rings. The second-order valence-corrected chi connectivity index (χ2v) is 2.96. The third-order valence-electron chi connectivity index (χ3n) is 1.95. The topological polar surface area (TPSA) is 43.1 Å². The van der Waals surface area contributed by atoms with Gasteiger partial charge in [-0.3, -0.25) is 4.79 Å². The molecule has 0 saturated carbocycles. The van der Waals surface area contributed by atoms with Crippen molar-refractivity contribution >= 4 is 5.91 Å². The van der Waals surface area contributed by atoms with Crippen molar-refractivity contribution in [2.45, 2.75) is 13.1 Å². The summed E-state index contributed by atoms with van der Waals surface area (Å²) in [6.07, 6.45) is -4.72. The van der Waals surface area contributed by atoms with E-state index in [0.29, 0.717) is 12.1 Å². The number of hydrogen-bond acceptors (Lipinski definition) is 1. The second kappa shape index (κ2) is 3.52. The van der Waals surface area contributed by atoms with Gasteiger partial charge in [0.25, 0.3) is 0 Å². The molecule has 0 aromatic heterocycles. The molecule has 2 nitrogen and oxygen atoms in total. The van der Waals surface area contributed by atoms with E-state index in [-0.39, 0.29) is 0 Å². The minimum Gasteiger partial charge on any atom is -0.366 e. The van der Waals surface area contributed by atoms with Crippen molar-refractivity contribution in [3.8, 4) is 0 Å². The molecule has 2 N–H and O–H groups in total. The lowest BCUT2D eigenvalue weighted by Crippen LogP contribution is -2.21. The highest BCUT2D eigenvalue weighted by molar-refractivity contribution is 5.96.